The van der Waals surface area contributed by atoms with Crippen molar-refractivity contribution < 1.29 is 19.0 Å². The molecule has 4 N–H and O–H groups in total. The summed E-state index contributed by atoms with van der Waals surface area (Å²) < 4.78 is 17.2. The zero-order chi connectivity index (χ0) is 26.0. The number of fused-ring (bicyclic) bond motifs is 1. The van der Waals surface area contributed by atoms with Crippen molar-refractivity contribution in [3.8, 4) is 11.5 Å². The van der Waals surface area contributed by atoms with E-state index < -0.39 is 11.9 Å². The summed E-state index contributed by atoms with van der Waals surface area (Å²) in [7, 11) is 1.54. The Labute approximate surface area is 223 Å². The first-order chi connectivity index (χ1) is 17.2. The summed E-state index contributed by atoms with van der Waals surface area (Å²) in [4.78, 5) is 20.3. The SMILES string of the molecule is CCOC(=O)C1=C(C)Nc2nc(=S)[nH]c(N)c2C1c1ccc(OCc2ccc(Cl)cc2Cl)c(OC)c1. The predicted molar refractivity (Wildman–Crippen MR) is 142 cm³/mol. The van der Waals surface area contributed by atoms with E-state index in [4.69, 9.17) is 55.4 Å². The number of aromatic amines is 1. The molecule has 11 heteroatoms. The Hall–Kier alpha value is -3.27. The number of nitrogen functional groups attached to an aromatic ring is 1. The monoisotopic (exact) mass is 546 g/mol. The Morgan fingerprint density at radius 3 is 2.67 bits per heavy atom. The van der Waals surface area contributed by atoms with Crippen molar-refractivity contribution in [2.75, 3.05) is 24.8 Å². The van der Waals surface area contributed by atoms with Gasteiger partial charge < -0.3 is 30.2 Å². The molecule has 1 atom stereocenters. The van der Waals surface area contributed by atoms with Crippen molar-refractivity contribution in [1.29, 1.82) is 0 Å². The number of ether oxygens (including phenoxy) is 3. The summed E-state index contributed by atoms with van der Waals surface area (Å²) in [6, 6.07) is 10.6. The van der Waals surface area contributed by atoms with Crippen molar-refractivity contribution in [1.82, 2.24) is 9.97 Å². The van der Waals surface area contributed by atoms with Gasteiger partial charge >= 0.3 is 5.97 Å². The Morgan fingerprint density at radius 2 is 1.97 bits per heavy atom. The van der Waals surface area contributed by atoms with Gasteiger partial charge in [0.25, 0.3) is 0 Å². The number of nitrogens with two attached hydrogens (primary N) is 1. The van der Waals surface area contributed by atoms with Crippen molar-refractivity contribution in [2.45, 2.75) is 26.4 Å². The molecule has 0 fully saturated rings. The Kier molecular flexibility index (Phi) is 7.73. The minimum Gasteiger partial charge on any atom is -0.493 e. The van der Waals surface area contributed by atoms with Gasteiger partial charge in [-0.25, -0.2) is 9.78 Å². The van der Waals surface area contributed by atoms with Crippen LogP contribution < -0.4 is 20.5 Å². The van der Waals surface area contributed by atoms with Crippen LogP contribution in [0.4, 0.5) is 11.6 Å². The molecule has 0 aliphatic carbocycles. The number of allylic oxidation sites excluding steroid dienone is 1. The summed E-state index contributed by atoms with van der Waals surface area (Å²) in [5, 5.41) is 4.19. The van der Waals surface area contributed by atoms with Gasteiger partial charge in [-0.2, -0.15) is 0 Å². The van der Waals surface area contributed by atoms with E-state index in [1.165, 1.54) is 7.11 Å². The molecule has 0 radical (unpaired) electrons. The van der Waals surface area contributed by atoms with Crippen LogP contribution in [0.2, 0.25) is 10.0 Å². The summed E-state index contributed by atoms with van der Waals surface area (Å²) in [6.45, 7) is 3.97. The second-order valence-corrected chi connectivity index (χ2v) is 9.20. The van der Waals surface area contributed by atoms with Gasteiger partial charge in [0.15, 0.2) is 16.3 Å². The van der Waals surface area contributed by atoms with Crippen LogP contribution in [-0.2, 0) is 16.1 Å². The number of H-pyrrole nitrogens is 1. The number of carbonyl (C=O) groups is 1. The molecule has 4 rings (SSSR count). The molecule has 1 aromatic heterocycles. The van der Waals surface area contributed by atoms with E-state index in [1.807, 2.05) is 6.07 Å². The van der Waals surface area contributed by atoms with Crippen molar-refractivity contribution >= 4 is 53.0 Å². The summed E-state index contributed by atoms with van der Waals surface area (Å²) >= 11 is 17.5. The molecule has 1 unspecified atom stereocenters. The zero-order valence-electron chi connectivity index (χ0n) is 19.8. The zero-order valence-corrected chi connectivity index (χ0v) is 22.1. The lowest BCUT2D eigenvalue weighted by molar-refractivity contribution is -0.138. The van der Waals surface area contributed by atoms with E-state index >= 15 is 0 Å². The maximum absolute atomic E-state index is 13.0. The fraction of sp³-hybridized carbons (Fsp3) is 0.240. The van der Waals surface area contributed by atoms with Gasteiger partial charge in [-0.3, -0.25) is 0 Å². The van der Waals surface area contributed by atoms with Gasteiger partial charge in [0, 0.05) is 26.9 Å². The van der Waals surface area contributed by atoms with Crippen LogP contribution in [0.15, 0.2) is 47.7 Å². The number of aromatic nitrogens is 2. The smallest absolute Gasteiger partial charge is 0.336 e. The van der Waals surface area contributed by atoms with Gasteiger partial charge in [-0.15, -0.1) is 0 Å². The third-order valence-electron chi connectivity index (χ3n) is 5.70. The summed E-state index contributed by atoms with van der Waals surface area (Å²) in [6.07, 6.45) is 0. The average Bonchev–Trinajstić information content (AvgIpc) is 2.82. The van der Waals surface area contributed by atoms with Crippen molar-refractivity contribution in [3.05, 3.63) is 79.2 Å². The maximum Gasteiger partial charge on any atom is 0.336 e. The average molecular weight is 547 g/mol. The maximum atomic E-state index is 13.0. The third-order valence-corrected chi connectivity index (χ3v) is 6.48. The molecule has 1 aliphatic rings. The highest BCUT2D eigenvalue weighted by atomic mass is 35.5. The number of nitrogens with one attached hydrogen (secondary N) is 2. The molecular formula is C25H24Cl2N4O4S. The lowest BCUT2D eigenvalue weighted by Crippen LogP contribution is -2.26. The van der Waals surface area contributed by atoms with Crippen LogP contribution in [0.1, 0.15) is 36.5 Å². The first-order valence-electron chi connectivity index (χ1n) is 11.0. The first-order valence-corrected chi connectivity index (χ1v) is 12.2. The van der Waals surface area contributed by atoms with E-state index in [-0.39, 0.29) is 18.0 Å². The topological polar surface area (TPSA) is 111 Å². The minimum atomic E-state index is -0.590. The van der Waals surface area contributed by atoms with Crippen molar-refractivity contribution in [2.24, 2.45) is 0 Å². The number of halogens is 2. The normalized spacial score (nSPS) is 14.6. The molecule has 0 spiro atoms. The van der Waals surface area contributed by atoms with Crippen LogP contribution in [0.3, 0.4) is 0 Å². The van der Waals surface area contributed by atoms with Gasteiger partial charge in [0.1, 0.15) is 18.2 Å². The number of nitrogens with zero attached hydrogens (tertiary/aromatic N) is 1. The van der Waals surface area contributed by atoms with E-state index in [9.17, 15) is 4.79 Å². The van der Waals surface area contributed by atoms with Crippen LogP contribution in [0.5, 0.6) is 11.5 Å². The van der Waals surface area contributed by atoms with E-state index in [2.05, 4.69) is 15.3 Å². The Bertz CT molecular complexity index is 1420. The van der Waals surface area contributed by atoms with Crippen LogP contribution in [0, 0.1) is 4.77 Å². The second kappa shape index (κ2) is 10.8. The van der Waals surface area contributed by atoms with E-state index in [0.29, 0.717) is 50.0 Å². The van der Waals surface area contributed by atoms with Gasteiger partial charge in [0.05, 0.1) is 25.2 Å². The first kappa shape index (κ1) is 25.8. The largest absolute Gasteiger partial charge is 0.493 e. The number of carbonyl (C=O) groups excluding carboxylic acids is 1. The molecule has 1 aliphatic heterocycles. The molecule has 0 saturated carbocycles. The summed E-state index contributed by atoms with van der Waals surface area (Å²) in [5.41, 5.74) is 9.42. The van der Waals surface area contributed by atoms with Crippen LogP contribution >= 0.6 is 35.4 Å². The number of esters is 1. The van der Waals surface area contributed by atoms with E-state index in [1.54, 1.807) is 44.2 Å². The van der Waals surface area contributed by atoms with Gasteiger partial charge in [-0.05, 0) is 55.9 Å². The molecule has 2 aromatic carbocycles. The number of anilines is 2. The number of methoxy groups -OCH3 is 1. The fourth-order valence-electron chi connectivity index (χ4n) is 4.08. The minimum absolute atomic E-state index is 0.211. The molecule has 0 saturated heterocycles. The highest BCUT2D eigenvalue weighted by Gasteiger charge is 2.36. The summed E-state index contributed by atoms with van der Waals surface area (Å²) in [5.74, 6) is 0.689. The van der Waals surface area contributed by atoms with Gasteiger partial charge in [-0.1, -0.05) is 35.3 Å². The number of hydrogen-bond acceptors (Lipinski definition) is 8. The molecule has 36 heavy (non-hydrogen) atoms. The molecule has 0 amide bonds. The standard InChI is InChI=1S/C25H24Cl2N4O4S/c1-4-34-24(32)19-12(2)29-23-21(22(28)30-25(36)31-23)20(19)13-6-8-17(18(9-13)33-3)35-11-14-5-7-15(26)10-16(14)27/h5-10,20H,4,11H2,1-3H3,(H4,28,29,30,31,36). The Balaban J connectivity index is 1.76. The van der Waals surface area contributed by atoms with E-state index in [0.717, 1.165) is 11.1 Å². The number of benzene rings is 2. The van der Waals surface area contributed by atoms with Gasteiger partial charge in [0.2, 0.25) is 0 Å². The van der Waals surface area contributed by atoms with Crippen LogP contribution in [-0.4, -0.2) is 29.7 Å². The lowest BCUT2D eigenvalue weighted by atomic mass is 9.81. The molecule has 8 nitrogen and oxygen atoms in total. The Morgan fingerprint density at radius 1 is 1.19 bits per heavy atom. The lowest BCUT2D eigenvalue weighted by Gasteiger charge is -2.30. The molecule has 3 aromatic rings. The predicted octanol–water partition coefficient (Wildman–Crippen LogP) is 6.01. The molecule has 2 heterocycles. The molecule has 0 bridgehead atoms. The number of hydrogen-bond donors (Lipinski definition) is 3. The number of rotatable bonds is 7. The molecular weight excluding hydrogens is 523 g/mol. The van der Waals surface area contributed by atoms with Crippen molar-refractivity contribution in [3.63, 3.8) is 0 Å². The highest BCUT2D eigenvalue weighted by molar-refractivity contribution is 7.71. The highest BCUT2D eigenvalue weighted by Crippen LogP contribution is 2.45. The second-order valence-electron chi connectivity index (χ2n) is 7.97. The third kappa shape index (κ3) is 5.13. The fourth-order valence-corrected chi connectivity index (χ4v) is 4.75. The molecule has 188 valence electrons. The van der Waals surface area contributed by atoms with Crippen LogP contribution in [0.25, 0.3) is 0 Å². The quantitative estimate of drug-likeness (QED) is 0.244.